The lowest BCUT2D eigenvalue weighted by molar-refractivity contribution is 0.0681. The predicted molar refractivity (Wildman–Crippen MR) is 76.3 cm³/mol. The predicted octanol–water partition coefficient (Wildman–Crippen LogP) is 3.15. The van der Waals surface area contributed by atoms with Crippen LogP contribution in [-0.2, 0) is 0 Å². The lowest BCUT2D eigenvalue weighted by atomic mass is 10.1. The molecule has 0 fully saturated rings. The second-order valence-electron chi connectivity index (χ2n) is 4.96. The third-order valence-electron chi connectivity index (χ3n) is 3.07. The first-order valence-electron chi connectivity index (χ1n) is 6.42. The van der Waals surface area contributed by atoms with E-state index in [0.29, 0.717) is 11.4 Å². The Bertz CT molecular complexity index is 645. The Hall–Kier alpha value is -2.30. The molecule has 0 aliphatic heterocycles. The van der Waals surface area contributed by atoms with E-state index in [-0.39, 0.29) is 11.7 Å². The van der Waals surface area contributed by atoms with Crippen molar-refractivity contribution in [3.63, 3.8) is 0 Å². The standard InChI is InChI=1S/C15H18N2O3/c1-9(2)17-13(15(18)19)8-12(16-17)11-7-10(3)5-6-14(11)20-4/h5-9H,1-4H3,(H,18,19). The smallest absolute Gasteiger partial charge is 0.354 e. The quantitative estimate of drug-likeness (QED) is 0.930. The van der Waals surface area contributed by atoms with Crippen molar-refractivity contribution < 1.29 is 14.6 Å². The fraction of sp³-hybridized carbons (Fsp3) is 0.333. The summed E-state index contributed by atoms with van der Waals surface area (Å²) >= 11 is 0. The highest BCUT2D eigenvalue weighted by Crippen LogP contribution is 2.31. The van der Waals surface area contributed by atoms with Crippen molar-refractivity contribution in [2.24, 2.45) is 0 Å². The number of nitrogens with zero attached hydrogens (tertiary/aromatic N) is 2. The summed E-state index contributed by atoms with van der Waals surface area (Å²) in [6.07, 6.45) is 0. The van der Waals surface area contributed by atoms with Gasteiger partial charge in [-0.25, -0.2) is 4.79 Å². The van der Waals surface area contributed by atoms with Gasteiger partial charge in [-0.2, -0.15) is 5.10 Å². The van der Waals surface area contributed by atoms with Crippen LogP contribution in [0.2, 0.25) is 0 Å². The largest absolute Gasteiger partial charge is 0.496 e. The van der Waals surface area contributed by atoms with Crippen LogP contribution in [0, 0.1) is 6.92 Å². The maximum absolute atomic E-state index is 11.3. The number of hydrogen-bond donors (Lipinski definition) is 1. The van der Waals surface area contributed by atoms with Gasteiger partial charge in [0.25, 0.3) is 0 Å². The highest BCUT2D eigenvalue weighted by molar-refractivity contribution is 5.87. The number of aromatic nitrogens is 2. The van der Waals surface area contributed by atoms with Crippen molar-refractivity contribution in [2.45, 2.75) is 26.8 Å². The molecule has 0 amide bonds. The molecule has 0 bridgehead atoms. The average Bonchev–Trinajstić information content (AvgIpc) is 2.83. The summed E-state index contributed by atoms with van der Waals surface area (Å²) in [5.41, 5.74) is 2.65. The first kappa shape index (κ1) is 14.1. The van der Waals surface area contributed by atoms with Crippen molar-refractivity contribution in [3.05, 3.63) is 35.5 Å². The number of hydrogen-bond acceptors (Lipinski definition) is 3. The van der Waals surface area contributed by atoms with Gasteiger partial charge in [-0.05, 0) is 39.0 Å². The Morgan fingerprint density at radius 2 is 2.05 bits per heavy atom. The van der Waals surface area contributed by atoms with Crippen molar-refractivity contribution >= 4 is 5.97 Å². The Morgan fingerprint density at radius 3 is 2.55 bits per heavy atom. The molecule has 2 rings (SSSR count). The second-order valence-corrected chi connectivity index (χ2v) is 4.96. The Morgan fingerprint density at radius 1 is 1.35 bits per heavy atom. The van der Waals surface area contributed by atoms with E-state index in [2.05, 4.69) is 5.10 Å². The normalized spacial score (nSPS) is 10.8. The van der Waals surface area contributed by atoms with E-state index >= 15 is 0 Å². The maximum Gasteiger partial charge on any atom is 0.354 e. The van der Waals surface area contributed by atoms with Crippen LogP contribution in [0.4, 0.5) is 0 Å². The Labute approximate surface area is 117 Å². The minimum Gasteiger partial charge on any atom is -0.496 e. The zero-order valence-electron chi connectivity index (χ0n) is 12.0. The zero-order valence-corrected chi connectivity index (χ0v) is 12.0. The van der Waals surface area contributed by atoms with E-state index in [1.54, 1.807) is 13.2 Å². The number of ether oxygens (including phenoxy) is 1. The molecule has 5 nitrogen and oxygen atoms in total. The number of carboxylic acids is 1. The third kappa shape index (κ3) is 2.52. The van der Waals surface area contributed by atoms with E-state index in [1.165, 1.54) is 4.68 Å². The average molecular weight is 274 g/mol. The number of rotatable bonds is 4. The van der Waals surface area contributed by atoms with Crippen LogP contribution in [-0.4, -0.2) is 28.0 Å². The third-order valence-corrected chi connectivity index (χ3v) is 3.07. The molecule has 0 aliphatic carbocycles. The molecule has 106 valence electrons. The van der Waals surface area contributed by atoms with Crippen LogP contribution in [0.25, 0.3) is 11.3 Å². The molecule has 1 aromatic heterocycles. The minimum atomic E-state index is -0.982. The molecular formula is C15H18N2O3. The van der Waals surface area contributed by atoms with Gasteiger partial charge >= 0.3 is 5.97 Å². The lowest BCUT2D eigenvalue weighted by Gasteiger charge is -2.08. The molecule has 0 spiro atoms. The van der Waals surface area contributed by atoms with Crippen LogP contribution < -0.4 is 4.74 Å². The van der Waals surface area contributed by atoms with Crippen molar-refractivity contribution in [1.29, 1.82) is 0 Å². The van der Waals surface area contributed by atoms with Gasteiger partial charge in [-0.3, -0.25) is 4.68 Å². The summed E-state index contributed by atoms with van der Waals surface area (Å²) in [6, 6.07) is 7.31. The Kier molecular flexibility index (Phi) is 3.79. The van der Waals surface area contributed by atoms with Crippen molar-refractivity contribution in [3.8, 4) is 17.0 Å². The monoisotopic (exact) mass is 274 g/mol. The molecule has 1 heterocycles. The van der Waals surface area contributed by atoms with Gasteiger partial charge in [0.2, 0.25) is 0 Å². The molecule has 1 aromatic carbocycles. The van der Waals surface area contributed by atoms with Gasteiger partial charge in [0.05, 0.1) is 12.8 Å². The molecule has 20 heavy (non-hydrogen) atoms. The number of carbonyl (C=O) groups is 1. The molecule has 2 aromatic rings. The van der Waals surface area contributed by atoms with Crippen LogP contribution >= 0.6 is 0 Å². The van der Waals surface area contributed by atoms with Gasteiger partial charge in [0, 0.05) is 11.6 Å². The molecule has 0 aliphatic rings. The first-order valence-corrected chi connectivity index (χ1v) is 6.42. The van der Waals surface area contributed by atoms with E-state index < -0.39 is 5.97 Å². The Balaban J connectivity index is 2.61. The number of aromatic carboxylic acids is 1. The van der Waals surface area contributed by atoms with Crippen LogP contribution in [0.1, 0.15) is 35.9 Å². The summed E-state index contributed by atoms with van der Waals surface area (Å²) in [5, 5.41) is 13.7. The van der Waals surface area contributed by atoms with E-state index in [4.69, 9.17) is 4.74 Å². The van der Waals surface area contributed by atoms with Crippen LogP contribution in [0.15, 0.2) is 24.3 Å². The van der Waals surface area contributed by atoms with Crippen molar-refractivity contribution in [2.75, 3.05) is 7.11 Å². The van der Waals surface area contributed by atoms with Gasteiger partial charge in [-0.15, -0.1) is 0 Å². The summed E-state index contributed by atoms with van der Waals surface area (Å²) < 4.78 is 6.84. The van der Waals surface area contributed by atoms with Gasteiger partial charge in [-0.1, -0.05) is 11.6 Å². The lowest BCUT2D eigenvalue weighted by Crippen LogP contribution is -2.11. The number of methoxy groups -OCH3 is 1. The molecular weight excluding hydrogens is 256 g/mol. The number of benzene rings is 1. The molecule has 0 unspecified atom stereocenters. The fourth-order valence-electron chi connectivity index (χ4n) is 2.10. The minimum absolute atomic E-state index is 0.0225. The van der Waals surface area contributed by atoms with Gasteiger partial charge in [0.1, 0.15) is 11.4 Å². The van der Waals surface area contributed by atoms with Crippen LogP contribution in [0.3, 0.4) is 0 Å². The number of aryl methyl sites for hydroxylation is 1. The molecule has 5 heteroatoms. The van der Waals surface area contributed by atoms with Crippen LogP contribution in [0.5, 0.6) is 5.75 Å². The van der Waals surface area contributed by atoms with E-state index in [9.17, 15) is 9.90 Å². The van der Waals surface area contributed by atoms with E-state index in [0.717, 1.165) is 11.1 Å². The summed E-state index contributed by atoms with van der Waals surface area (Å²) in [6.45, 7) is 5.77. The second kappa shape index (κ2) is 5.36. The first-order chi connectivity index (χ1) is 9.43. The highest BCUT2D eigenvalue weighted by atomic mass is 16.5. The zero-order chi connectivity index (χ0) is 14.9. The summed E-state index contributed by atoms with van der Waals surface area (Å²) in [5.74, 6) is -0.301. The topological polar surface area (TPSA) is 64.3 Å². The molecule has 0 saturated carbocycles. The highest BCUT2D eigenvalue weighted by Gasteiger charge is 2.19. The SMILES string of the molecule is COc1ccc(C)cc1-c1cc(C(=O)O)n(C(C)C)n1. The van der Waals surface area contributed by atoms with Gasteiger partial charge < -0.3 is 9.84 Å². The van der Waals surface area contributed by atoms with Crippen molar-refractivity contribution in [1.82, 2.24) is 9.78 Å². The van der Waals surface area contributed by atoms with Gasteiger partial charge in [0.15, 0.2) is 0 Å². The molecule has 0 radical (unpaired) electrons. The summed E-state index contributed by atoms with van der Waals surface area (Å²) in [4.78, 5) is 11.3. The molecule has 0 atom stereocenters. The number of carboxylic acid groups (broad SMARTS) is 1. The fourth-order valence-corrected chi connectivity index (χ4v) is 2.10. The van der Waals surface area contributed by atoms with E-state index in [1.807, 2.05) is 39.0 Å². The molecule has 0 saturated heterocycles. The maximum atomic E-state index is 11.3. The molecule has 1 N–H and O–H groups in total. The summed E-state index contributed by atoms with van der Waals surface area (Å²) in [7, 11) is 1.59.